The first-order valence-electron chi connectivity index (χ1n) is 12.1. The first-order chi connectivity index (χ1) is 15.5. The molecule has 1 aliphatic carbocycles. The van der Waals surface area contributed by atoms with Gasteiger partial charge in [-0.25, -0.2) is 4.79 Å². The molecule has 7 heteroatoms. The Balaban J connectivity index is 1.38. The Hall–Kier alpha value is -2.12. The summed E-state index contributed by atoms with van der Waals surface area (Å²) in [5, 5.41) is 14.5. The number of rotatable bonds is 6. The summed E-state index contributed by atoms with van der Waals surface area (Å²) in [4.78, 5) is 26.6. The van der Waals surface area contributed by atoms with Crippen molar-refractivity contribution in [2.24, 2.45) is 5.41 Å². The zero-order valence-electron chi connectivity index (χ0n) is 20.6. The van der Waals surface area contributed by atoms with Gasteiger partial charge in [0, 0.05) is 25.7 Å². The third-order valence-electron chi connectivity index (χ3n) is 6.86. The second-order valence-electron chi connectivity index (χ2n) is 11.0. The van der Waals surface area contributed by atoms with Crippen molar-refractivity contribution in [2.75, 3.05) is 19.6 Å². The summed E-state index contributed by atoms with van der Waals surface area (Å²) in [6, 6.07) is 10.0. The molecule has 1 saturated carbocycles. The third-order valence-corrected chi connectivity index (χ3v) is 6.86. The molecule has 3 rings (SSSR count). The van der Waals surface area contributed by atoms with E-state index in [-0.39, 0.29) is 18.1 Å². The summed E-state index contributed by atoms with van der Waals surface area (Å²) in [6.45, 7) is 9.34. The maximum atomic E-state index is 12.7. The molecule has 0 bridgehead atoms. The van der Waals surface area contributed by atoms with Crippen molar-refractivity contribution in [3.8, 4) is 0 Å². The Kier molecular flexibility index (Phi) is 8.06. The molecule has 0 radical (unpaired) electrons. The maximum Gasteiger partial charge on any atom is 0.410 e. The van der Waals surface area contributed by atoms with Crippen LogP contribution >= 0.6 is 0 Å². The fourth-order valence-corrected chi connectivity index (χ4v) is 4.50. The van der Waals surface area contributed by atoms with Gasteiger partial charge < -0.3 is 24.8 Å². The smallest absolute Gasteiger partial charge is 0.410 e. The number of piperidine rings is 1. The predicted molar refractivity (Wildman–Crippen MR) is 127 cm³/mol. The minimum Gasteiger partial charge on any atom is -0.460 e. The van der Waals surface area contributed by atoms with Crippen LogP contribution in [0.25, 0.3) is 0 Å². The molecule has 0 unspecified atom stereocenters. The number of carbonyl (C=O) groups excluding carboxylic acids is 2. The fraction of sp³-hybridized carbons (Fsp3) is 0.692. The largest absolute Gasteiger partial charge is 0.460 e. The second kappa shape index (κ2) is 10.4. The normalized spacial score (nSPS) is 25.4. The summed E-state index contributed by atoms with van der Waals surface area (Å²) in [5.41, 5.74) is -0.803. The Morgan fingerprint density at radius 1 is 1.09 bits per heavy atom. The lowest BCUT2D eigenvalue weighted by Gasteiger charge is -2.41. The van der Waals surface area contributed by atoms with E-state index in [4.69, 9.17) is 9.47 Å². The Labute approximate surface area is 197 Å². The molecule has 1 aromatic rings. The highest BCUT2D eigenvalue weighted by Crippen LogP contribution is 2.37. The van der Waals surface area contributed by atoms with Crippen molar-refractivity contribution in [1.29, 1.82) is 0 Å². The van der Waals surface area contributed by atoms with Gasteiger partial charge in [0.1, 0.15) is 12.2 Å². The Bertz CT molecular complexity index is 789. The van der Waals surface area contributed by atoms with Gasteiger partial charge in [-0.3, -0.25) is 4.79 Å². The predicted octanol–water partition coefficient (Wildman–Crippen LogP) is 4.03. The number of nitrogens with zero attached hydrogens (tertiary/aromatic N) is 1. The zero-order valence-corrected chi connectivity index (χ0v) is 20.6. The molecule has 0 aromatic heterocycles. The number of nitrogens with one attached hydrogen (secondary N) is 1. The molecule has 0 spiro atoms. The number of likely N-dealkylation sites (tertiary alicyclic amines) is 1. The molecular weight excluding hydrogens is 420 g/mol. The summed E-state index contributed by atoms with van der Waals surface area (Å²) in [6.07, 6.45) is 4.01. The molecule has 2 fully saturated rings. The van der Waals surface area contributed by atoms with Crippen molar-refractivity contribution in [2.45, 2.75) is 90.1 Å². The molecule has 7 nitrogen and oxygen atoms in total. The fourth-order valence-electron chi connectivity index (χ4n) is 4.50. The highest BCUT2D eigenvalue weighted by atomic mass is 16.6. The molecule has 1 amide bonds. The second-order valence-corrected chi connectivity index (χ2v) is 11.0. The van der Waals surface area contributed by atoms with Crippen LogP contribution in [0.15, 0.2) is 30.3 Å². The Morgan fingerprint density at radius 3 is 2.27 bits per heavy atom. The van der Waals surface area contributed by atoms with Crippen LogP contribution < -0.4 is 5.32 Å². The lowest BCUT2D eigenvalue weighted by molar-refractivity contribution is -0.158. The number of ether oxygens (including phenoxy) is 2. The van der Waals surface area contributed by atoms with Gasteiger partial charge in [0.2, 0.25) is 0 Å². The van der Waals surface area contributed by atoms with E-state index in [0.717, 1.165) is 31.2 Å². The Morgan fingerprint density at radius 2 is 1.70 bits per heavy atom. The van der Waals surface area contributed by atoms with Crippen LogP contribution in [0.3, 0.4) is 0 Å². The molecular formula is C26H40N2O5. The van der Waals surface area contributed by atoms with Crippen LogP contribution in [-0.2, 0) is 20.9 Å². The highest BCUT2D eigenvalue weighted by molar-refractivity contribution is 5.76. The molecule has 1 aliphatic heterocycles. The number of amides is 1. The molecule has 2 N–H and O–H groups in total. The lowest BCUT2D eigenvalue weighted by atomic mass is 9.74. The summed E-state index contributed by atoms with van der Waals surface area (Å²) in [7, 11) is 0. The average molecular weight is 461 g/mol. The molecule has 1 aromatic carbocycles. The van der Waals surface area contributed by atoms with Crippen LogP contribution in [0.1, 0.15) is 71.8 Å². The van der Waals surface area contributed by atoms with Crippen LogP contribution in [0.4, 0.5) is 4.79 Å². The van der Waals surface area contributed by atoms with Gasteiger partial charge in [-0.1, -0.05) is 30.3 Å². The van der Waals surface area contributed by atoms with Crippen LogP contribution in [0.5, 0.6) is 0 Å². The number of hydrogen-bond donors (Lipinski definition) is 2. The SMILES string of the molecule is CC(C)(C)OC(=O)N1CCC(O)(CNC2CCC(C)(C(=O)OCc3ccccc3)CC2)CC1. The van der Waals surface area contributed by atoms with Gasteiger partial charge >= 0.3 is 12.1 Å². The van der Waals surface area contributed by atoms with Crippen molar-refractivity contribution < 1.29 is 24.2 Å². The van der Waals surface area contributed by atoms with Gasteiger partial charge in [0.05, 0.1) is 11.0 Å². The number of benzene rings is 1. The molecule has 1 saturated heterocycles. The van der Waals surface area contributed by atoms with Gasteiger partial charge in [-0.2, -0.15) is 0 Å². The minimum absolute atomic E-state index is 0.127. The molecule has 33 heavy (non-hydrogen) atoms. The zero-order chi connectivity index (χ0) is 24.1. The molecule has 2 aliphatic rings. The van der Waals surface area contributed by atoms with Crippen molar-refractivity contribution in [3.63, 3.8) is 0 Å². The highest BCUT2D eigenvalue weighted by Gasteiger charge is 2.40. The molecule has 184 valence electrons. The average Bonchev–Trinajstić information content (AvgIpc) is 2.77. The van der Waals surface area contributed by atoms with E-state index < -0.39 is 16.6 Å². The maximum absolute atomic E-state index is 12.7. The summed E-state index contributed by atoms with van der Waals surface area (Å²) < 4.78 is 11.0. The molecule has 1 heterocycles. The number of aliphatic hydroxyl groups is 1. The topological polar surface area (TPSA) is 88.1 Å². The minimum atomic E-state index is -0.826. The van der Waals surface area contributed by atoms with Crippen LogP contribution in [0.2, 0.25) is 0 Å². The third kappa shape index (κ3) is 7.44. The monoisotopic (exact) mass is 460 g/mol. The summed E-state index contributed by atoms with van der Waals surface area (Å²) in [5.74, 6) is -0.127. The lowest BCUT2D eigenvalue weighted by Crippen LogP contribution is -2.53. The van der Waals surface area contributed by atoms with E-state index in [1.807, 2.05) is 58.0 Å². The van der Waals surface area contributed by atoms with Crippen LogP contribution in [0, 0.1) is 5.41 Å². The van der Waals surface area contributed by atoms with E-state index in [0.29, 0.717) is 39.1 Å². The summed E-state index contributed by atoms with van der Waals surface area (Å²) >= 11 is 0. The van der Waals surface area contributed by atoms with E-state index in [1.54, 1.807) is 4.90 Å². The quantitative estimate of drug-likeness (QED) is 0.623. The van der Waals surface area contributed by atoms with E-state index in [1.165, 1.54) is 0 Å². The van der Waals surface area contributed by atoms with E-state index in [2.05, 4.69) is 5.32 Å². The number of hydrogen-bond acceptors (Lipinski definition) is 6. The van der Waals surface area contributed by atoms with Gasteiger partial charge in [-0.05, 0) is 71.8 Å². The van der Waals surface area contributed by atoms with Crippen molar-refractivity contribution in [1.82, 2.24) is 10.2 Å². The van der Waals surface area contributed by atoms with Gasteiger partial charge in [-0.15, -0.1) is 0 Å². The van der Waals surface area contributed by atoms with Crippen molar-refractivity contribution >= 4 is 12.1 Å². The van der Waals surface area contributed by atoms with Crippen LogP contribution in [-0.4, -0.2) is 58.9 Å². The number of esters is 1. The number of carbonyl (C=O) groups is 2. The van der Waals surface area contributed by atoms with Crippen molar-refractivity contribution in [3.05, 3.63) is 35.9 Å². The van der Waals surface area contributed by atoms with Gasteiger partial charge in [0.15, 0.2) is 0 Å². The van der Waals surface area contributed by atoms with Gasteiger partial charge in [0.25, 0.3) is 0 Å². The standard InChI is InChI=1S/C26H40N2O5/c1-24(2,3)33-23(30)28-16-14-26(31,15-17-28)19-27-21-10-12-25(4,13-11-21)22(29)32-18-20-8-6-5-7-9-20/h5-9,21,27,31H,10-19H2,1-4H3. The first kappa shape index (κ1) is 25.5. The first-order valence-corrected chi connectivity index (χ1v) is 12.1. The van der Waals surface area contributed by atoms with E-state index in [9.17, 15) is 14.7 Å². The molecule has 0 atom stereocenters. The van der Waals surface area contributed by atoms with E-state index >= 15 is 0 Å².